The summed E-state index contributed by atoms with van der Waals surface area (Å²) in [6.07, 6.45) is 2.79. The van der Waals surface area contributed by atoms with E-state index < -0.39 is 16.1 Å². The standard InChI is InChI=1S/C19H23N3O4S/c1-14-8-9-16(26-2)12-18(14)27(24,25)22-11-5-7-17(22)19(23)21-13-15-6-3-4-10-20-15/h3-4,6,8-10,12,17H,5,7,11,13H2,1-2H3,(H,21,23)/t17-/m1/s1. The van der Waals surface area contributed by atoms with E-state index in [0.717, 1.165) is 5.69 Å². The largest absolute Gasteiger partial charge is 0.497 e. The van der Waals surface area contributed by atoms with Crippen molar-refractivity contribution in [2.75, 3.05) is 13.7 Å². The number of pyridine rings is 1. The lowest BCUT2D eigenvalue weighted by Gasteiger charge is -2.24. The van der Waals surface area contributed by atoms with Crippen LogP contribution in [0, 0.1) is 6.92 Å². The molecule has 1 atom stereocenters. The number of benzene rings is 1. The second-order valence-electron chi connectivity index (χ2n) is 6.44. The van der Waals surface area contributed by atoms with Gasteiger partial charge < -0.3 is 10.1 Å². The Morgan fingerprint density at radius 2 is 2.15 bits per heavy atom. The minimum Gasteiger partial charge on any atom is -0.497 e. The van der Waals surface area contributed by atoms with E-state index >= 15 is 0 Å². The van der Waals surface area contributed by atoms with Gasteiger partial charge in [-0.1, -0.05) is 12.1 Å². The van der Waals surface area contributed by atoms with Gasteiger partial charge in [0.25, 0.3) is 0 Å². The van der Waals surface area contributed by atoms with Gasteiger partial charge in [-0.15, -0.1) is 0 Å². The molecule has 1 fully saturated rings. The second kappa shape index (κ2) is 8.06. The lowest BCUT2D eigenvalue weighted by Crippen LogP contribution is -2.45. The number of carbonyl (C=O) groups is 1. The third-order valence-corrected chi connectivity index (χ3v) is 6.71. The summed E-state index contributed by atoms with van der Waals surface area (Å²) in [7, 11) is -2.31. The van der Waals surface area contributed by atoms with Crippen LogP contribution in [0.3, 0.4) is 0 Å². The molecule has 1 N–H and O–H groups in total. The first-order chi connectivity index (χ1) is 12.9. The number of hydrogen-bond acceptors (Lipinski definition) is 5. The Labute approximate surface area is 159 Å². The Balaban J connectivity index is 1.79. The van der Waals surface area contributed by atoms with E-state index in [-0.39, 0.29) is 17.3 Å². The minimum atomic E-state index is -3.80. The highest BCUT2D eigenvalue weighted by Crippen LogP contribution is 2.30. The van der Waals surface area contributed by atoms with Crippen molar-refractivity contribution in [3.63, 3.8) is 0 Å². The summed E-state index contributed by atoms with van der Waals surface area (Å²) in [4.78, 5) is 17.0. The highest BCUT2D eigenvalue weighted by molar-refractivity contribution is 7.89. The van der Waals surface area contributed by atoms with Crippen LogP contribution in [-0.2, 0) is 21.4 Å². The first-order valence-corrected chi connectivity index (χ1v) is 10.2. The van der Waals surface area contributed by atoms with Gasteiger partial charge >= 0.3 is 0 Å². The molecule has 0 unspecified atom stereocenters. The van der Waals surface area contributed by atoms with Crippen molar-refractivity contribution in [2.45, 2.75) is 37.2 Å². The maximum atomic E-state index is 13.2. The molecule has 7 nitrogen and oxygen atoms in total. The predicted octanol–water partition coefficient (Wildman–Crippen LogP) is 1.87. The number of ether oxygens (including phenoxy) is 1. The smallest absolute Gasteiger partial charge is 0.244 e. The summed E-state index contributed by atoms with van der Waals surface area (Å²) in [5.74, 6) is 0.164. The molecule has 8 heteroatoms. The summed E-state index contributed by atoms with van der Waals surface area (Å²) >= 11 is 0. The van der Waals surface area contributed by atoms with Crippen LogP contribution in [0.25, 0.3) is 0 Å². The molecule has 3 rings (SSSR count). The van der Waals surface area contributed by atoms with Gasteiger partial charge in [0, 0.05) is 18.8 Å². The summed E-state index contributed by atoms with van der Waals surface area (Å²) in [5.41, 5.74) is 1.34. The Morgan fingerprint density at radius 1 is 1.33 bits per heavy atom. The number of amides is 1. The summed E-state index contributed by atoms with van der Waals surface area (Å²) in [6, 6.07) is 9.66. The zero-order valence-electron chi connectivity index (χ0n) is 15.4. The molecule has 1 saturated heterocycles. The number of nitrogens with zero attached hydrogens (tertiary/aromatic N) is 2. The molecular weight excluding hydrogens is 366 g/mol. The van der Waals surface area contributed by atoms with E-state index in [1.54, 1.807) is 31.3 Å². The zero-order valence-corrected chi connectivity index (χ0v) is 16.2. The van der Waals surface area contributed by atoms with Crippen LogP contribution >= 0.6 is 0 Å². The monoisotopic (exact) mass is 389 g/mol. The van der Waals surface area contributed by atoms with Crippen LogP contribution in [0.5, 0.6) is 5.75 Å². The molecular formula is C19H23N3O4S. The Hall–Kier alpha value is -2.45. The van der Waals surface area contributed by atoms with E-state index in [1.165, 1.54) is 17.5 Å². The molecule has 2 aromatic rings. The average molecular weight is 389 g/mol. The SMILES string of the molecule is COc1ccc(C)c(S(=O)(=O)N2CCC[C@@H]2C(=O)NCc2ccccn2)c1. The van der Waals surface area contributed by atoms with E-state index in [2.05, 4.69) is 10.3 Å². The number of aryl methyl sites for hydroxylation is 1. The van der Waals surface area contributed by atoms with Crippen LogP contribution in [0.4, 0.5) is 0 Å². The number of sulfonamides is 1. The van der Waals surface area contributed by atoms with Crippen molar-refractivity contribution >= 4 is 15.9 Å². The van der Waals surface area contributed by atoms with Crippen molar-refractivity contribution in [1.82, 2.24) is 14.6 Å². The first-order valence-electron chi connectivity index (χ1n) is 8.77. The van der Waals surface area contributed by atoms with Gasteiger partial charge in [0.1, 0.15) is 11.8 Å². The van der Waals surface area contributed by atoms with E-state index in [4.69, 9.17) is 4.74 Å². The number of nitrogens with one attached hydrogen (secondary N) is 1. The number of rotatable bonds is 6. The fourth-order valence-corrected chi connectivity index (χ4v) is 5.10. The van der Waals surface area contributed by atoms with Crippen molar-refractivity contribution in [1.29, 1.82) is 0 Å². The van der Waals surface area contributed by atoms with Crippen molar-refractivity contribution < 1.29 is 17.9 Å². The van der Waals surface area contributed by atoms with Crippen LogP contribution in [-0.4, -0.2) is 43.3 Å². The maximum Gasteiger partial charge on any atom is 0.244 e. The number of methoxy groups -OCH3 is 1. The van der Waals surface area contributed by atoms with E-state index in [1.807, 2.05) is 12.1 Å². The van der Waals surface area contributed by atoms with Crippen molar-refractivity contribution in [3.8, 4) is 5.75 Å². The molecule has 144 valence electrons. The van der Waals surface area contributed by atoms with Gasteiger partial charge in [-0.2, -0.15) is 4.31 Å². The first kappa shape index (κ1) is 19.3. The average Bonchev–Trinajstić information content (AvgIpc) is 3.18. The van der Waals surface area contributed by atoms with Crippen LogP contribution < -0.4 is 10.1 Å². The molecule has 0 radical (unpaired) electrons. The Morgan fingerprint density at radius 3 is 2.85 bits per heavy atom. The fraction of sp³-hybridized carbons (Fsp3) is 0.368. The number of hydrogen-bond donors (Lipinski definition) is 1. The molecule has 1 aromatic carbocycles. The normalized spacial score (nSPS) is 17.6. The molecule has 1 aliphatic rings. The lowest BCUT2D eigenvalue weighted by molar-refractivity contribution is -0.124. The Kier molecular flexibility index (Phi) is 5.76. The summed E-state index contributed by atoms with van der Waals surface area (Å²) in [6.45, 7) is 2.32. The molecule has 0 saturated carbocycles. The molecule has 27 heavy (non-hydrogen) atoms. The number of aromatic nitrogens is 1. The topological polar surface area (TPSA) is 88.6 Å². The van der Waals surface area contributed by atoms with Crippen molar-refractivity contribution in [2.24, 2.45) is 0 Å². The van der Waals surface area contributed by atoms with Gasteiger partial charge in [0.15, 0.2) is 0 Å². The van der Waals surface area contributed by atoms with Crippen molar-refractivity contribution in [3.05, 3.63) is 53.9 Å². The van der Waals surface area contributed by atoms with Gasteiger partial charge in [-0.25, -0.2) is 8.42 Å². The molecule has 0 bridgehead atoms. The molecule has 2 heterocycles. The molecule has 0 spiro atoms. The molecule has 1 aliphatic heterocycles. The predicted molar refractivity (Wildman–Crippen MR) is 101 cm³/mol. The molecule has 0 aliphatic carbocycles. The summed E-state index contributed by atoms with van der Waals surface area (Å²) < 4.78 is 32.8. The van der Waals surface area contributed by atoms with Crippen LogP contribution in [0.1, 0.15) is 24.1 Å². The zero-order chi connectivity index (χ0) is 19.4. The van der Waals surface area contributed by atoms with Crippen LogP contribution in [0.15, 0.2) is 47.5 Å². The summed E-state index contributed by atoms with van der Waals surface area (Å²) in [5, 5.41) is 2.80. The maximum absolute atomic E-state index is 13.2. The van der Waals surface area contributed by atoms with Gasteiger partial charge in [-0.3, -0.25) is 9.78 Å². The quantitative estimate of drug-likeness (QED) is 0.815. The van der Waals surface area contributed by atoms with E-state index in [0.29, 0.717) is 30.7 Å². The second-order valence-corrected chi connectivity index (χ2v) is 8.30. The highest BCUT2D eigenvalue weighted by atomic mass is 32.2. The third-order valence-electron chi connectivity index (χ3n) is 4.66. The van der Waals surface area contributed by atoms with Gasteiger partial charge in [0.05, 0.1) is 24.2 Å². The lowest BCUT2D eigenvalue weighted by atomic mass is 10.2. The third kappa shape index (κ3) is 4.12. The molecule has 1 aromatic heterocycles. The molecule has 1 amide bonds. The fourth-order valence-electron chi connectivity index (χ4n) is 3.20. The number of carbonyl (C=O) groups excluding carboxylic acids is 1. The van der Waals surface area contributed by atoms with Gasteiger partial charge in [-0.05, 0) is 43.5 Å². The Bertz CT molecular complexity index is 916. The minimum absolute atomic E-state index is 0.172. The van der Waals surface area contributed by atoms with Gasteiger partial charge in [0.2, 0.25) is 15.9 Å². The van der Waals surface area contributed by atoms with E-state index in [9.17, 15) is 13.2 Å². The highest BCUT2D eigenvalue weighted by Gasteiger charge is 2.40. The van der Waals surface area contributed by atoms with Crippen LogP contribution in [0.2, 0.25) is 0 Å².